The Labute approximate surface area is 112 Å². The van der Waals surface area contributed by atoms with Crippen LogP contribution in [0.2, 0.25) is 0 Å². The maximum atomic E-state index is 11.7. The number of hydrogen-bond donors (Lipinski definition) is 5. The maximum absolute atomic E-state index is 11.7. The summed E-state index contributed by atoms with van der Waals surface area (Å²) in [6.45, 7) is -0.225. The average Bonchev–Trinajstić information content (AvgIpc) is 2.93. The Hall–Kier alpha value is -1.97. The van der Waals surface area contributed by atoms with E-state index in [0.717, 1.165) is 0 Å². The first-order chi connectivity index (χ1) is 9.52. The molecule has 2 aromatic rings. The first-order valence-corrected chi connectivity index (χ1v) is 6.22. The quantitative estimate of drug-likeness (QED) is 0.426. The van der Waals surface area contributed by atoms with Crippen LogP contribution in [-0.2, 0) is 0 Å². The number of nitrogens with one attached hydrogen (secondary N) is 1. The van der Waals surface area contributed by atoms with Crippen LogP contribution >= 0.6 is 0 Å². The number of nitrogens with zero attached hydrogens (tertiary/aromatic N) is 3. The number of nitrogen functional groups attached to an aromatic ring is 1. The molecule has 108 valence electrons. The number of aromatic nitrogens is 4. The number of nitrogens with two attached hydrogens (primary N) is 1. The molecule has 0 bridgehead atoms. The van der Waals surface area contributed by atoms with Crippen LogP contribution in [0.4, 0.5) is 5.95 Å². The fourth-order valence-electron chi connectivity index (χ4n) is 2.74. The number of rotatable bonds is 2. The van der Waals surface area contributed by atoms with Gasteiger partial charge in [-0.1, -0.05) is 0 Å². The number of aliphatic hydroxyl groups is 3. The normalized spacial score (nSPS) is 30.1. The molecule has 6 N–H and O–H groups in total. The number of H-pyrrole nitrogens is 1. The van der Waals surface area contributed by atoms with Gasteiger partial charge in [0.15, 0.2) is 11.2 Å². The molecule has 0 amide bonds. The molecule has 1 fully saturated rings. The minimum absolute atomic E-state index is 0.0454. The molecular formula is C11H15N5O4. The van der Waals surface area contributed by atoms with Gasteiger partial charge in [-0.2, -0.15) is 4.98 Å². The zero-order valence-electron chi connectivity index (χ0n) is 10.5. The lowest BCUT2D eigenvalue weighted by atomic mass is 10.1. The monoisotopic (exact) mass is 281 g/mol. The third kappa shape index (κ3) is 1.79. The summed E-state index contributed by atoms with van der Waals surface area (Å²) in [6.07, 6.45) is -0.348. The average molecular weight is 281 g/mol. The van der Waals surface area contributed by atoms with Crippen LogP contribution in [0.3, 0.4) is 0 Å². The molecule has 3 rings (SSSR count). The highest BCUT2D eigenvalue weighted by Crippen LogP contribution is 2.36. The zero-order chi connectivity index (χ0) is 14.4. The molecule has 0 saturated heterocycles. The first kappa shape index (κ1) is 13.0. The van der Waals surface area contributed by atoms with Gasteiger partial charge < -0.3 is 25.6 Å². The van der Waals surface area contributed by atoms with E-state index in [0.29, 0.717) is 6.42 Å². The van der Waals surface area contributed by atoms with Gasteiger partial charge in [0.1, 0.15) is 6.10 Å². The standard InChI is InChI=1S/C11H15N5O4/c12-11-14-9-6(10(20)15-11)13-3-16(9)5-1-4(2-17)7(18)8(5)19/h3-5,7-8,17-19H,1-2H2,(H3,12,14,15,20). The van der Waals surface area contributed by atoms with Gasteiger partial charge in [0.2, 0.25) is 5.95 Å². The van der Waals surface area contributed by atoms with Crippen molar-refractivity contribution in [2.75, 3.05) is 12.3 Å². The summed E-state index contributed by atoms with van der Waals surface area (Å²) in [5.74, 6) is -0.470. The van der Waals surface area contributed by atoms with Crippen molar-refractivity contribution in [1.29, 1.82) is 0 Å². The molecule has 9 nitrogen and oxygen atoms in total. The fraction of sp³-hybridized carbons (Fsp3) is 0.545. The lowest BCUT2D eigenvalue weighted by Gasteiger charge is -2.18. The SMILES string of the molecule is Nc1nc2c(ncn2C2CC(CO)C(O)C2O)c(=O)[nH]1. The van der Waals surface area contributed by atoms with Crippen molar-refractivity contribution < 1.29 is 15.3 Å². The van der Waals surface area contributed by atoms with Crippen molar-refractivity contribution in [3.05, 3.63) is 16.7 Å². The van der Waals surface area contributed by atoms with Gasteiger partial charge in [-0.25, -0.2) is 4.98 Å². The summed E-state index contributed by atoms with van der Waals surface area (Å²) in [5, 5.41) is 29.1. The van der Waals surface area contributed by atoms with Gasteiger partial charge in [-0.05, 0) is 6.42 Å². The lowest BCUT2D eigenvalue weighted by molar-refractivity contribution is -0.00370. The second-order valence-electron chi connectivity index (χ2n) is 5.00. The van der Waals surface area contributed by atoms with E-state index in [9.17, 15) is 20.1 Å². The topological polar surface area (TPSA) is 150 Å². The second kappa shape index (κ2) is 4.54. The molecule has 0 spiro atoms. The Morgan fingerprint density at radius 3 is 2.85 bits per heavy atom. The van der Waals surface area contributed by atoms with E-state index in [4.69, 9.17) is 5.73 Å². The summed E-state index contributed by atoms with van der Waals surface area (Å²) in [7, 11) is 0. The first-order valence-electron chi connectivity index (χ1n) is 6.22. The van der Waals surface area contributed by atoms with Crippen LogP contribution in [0.1, 0.15) is 12.5 Å². The minimum atomic E-state index is -1.06. The third-order valence-corrected chi connectivity index (χ3v) is 3.81. The van der Waals surface area contributed by atoms with Crippen molar-refractivity contribution in [3.63, 3.8) is 0 Å². The highest BCUT2D eigenvalue weighted by Gasteiger charge is 2.42. The predicted molar refractivity (Wildman–Crippen MR) is 68.8 cm³/mol. The van der Waals surface area contributed by atoms with Gasteiger partial charge >= 0.3 is 0 Å². The highest BCUT2D eigenvalue weighted by atomic mass is 16.3. The summed E-state index contributed by atoms with van der Waals surface area (Å²) in [6, 6.07) is -0.513. The smallest absolute Gasteiger partial charge is 0.280 e. The third-order valence-electron chi connectivity index (χ3n) is 3.81. The molecule has 20 heavy (non-hydrogen) atoms. The van der Waals surface area contributed by atoms with Gasteiger partial charge in [-0.3, -0.25) is 9.78 Å². The maximum Gasteiger partial charge on any atom is 0.280 e. The predicted octanol–water partition coefficient (Wildman–Crippen LogP) is -2.02. The van der Waals surface area contributed by atoms with Crippen molar-refractivity contribution >= 4 is 17.1 Å². The number of aliphatic hydroxyl groups excluding tert-OH is 3. The summed E-state index contributed by atoms with van der Waals surface area (Å²) >= 11 is 0. The van der Waals surface area contributed by atoms with Crippen LogP contribution in [-0.4, -0.2) is 53.7 Å². The Bertz CT molecular complexity index is 696. The lowest BCUT2D eigenvalue weighted by Crippen LogP contribution is -2.30. The van der Waals surface area contributed by atoms with Gasteiger partial charge in [0.25, 0.3) is 5.56 Å². The number of imidazole rings is 1. The molecule has 2 aromatic heterocycles. The van der Waals surface area contributed by atoms with Crippen LogP contribution in [0, 0.1) is 5.92 Å². The molecule has 4 unspecified atom stereocenters. The number of aromatic amines is 1. The van der Waals surface area contributed by atoms with E-state index in [2.05, 4.69) is 15.0 Å². The van der Waals surface area contributed by atoms with E-state index in [1.807, 2.05) is 0 Å². The Morgan fingerprint density at radius 1 is 1.45 bits per heavy atom. The number of anilines is 1. The molecule has 2 heterocycles. The van der Waals surface area contributed by atoms with Crippen LogP contribution in [0.25, 0.3) is 11.2 Å². The largest absolute Gasteiger partial charge is 0.396 e. The highest BCUT2D eigenvalue weighted by molar-refractivity contribution is 5.70. The van der Waals surface area contributed by atoms with Crippen LogP contribution in [0.15, 0.2) is 11.1 Å². The minimum Gasteiger partial charge on any atom is -0.396 e. The van der Waals surface area contributed by atoms with Crippen LogP contribution < -0.4 is 11.3 Å². The Morgan fingerprint density at radius 2 is 2.20 bits per heavy atom. The van der Waals surface area contributed by atoms with E-state index >= 15 is 0 Å². The second-order valence-corrected chi connectivity index (χ2v) is 5.00. The summed E-state index contributed by atoms with van der Waals surface area (Å²) < 4.78 is 1.52. The fourth-order valence-corrected chi connectivity index (χ4v) is 2.74. The molecule has 4 atom stereocenters. The van der Waals surface area contributed by atoms with Crippen LogP contribution in [0.5, 0.6) is 0 Å². The molecule has 0 aromatic carbocycles. The Balaban J connectivity index is 2.09. The molecular weight excluding hydrogens is 266 g/mol. The van der Waals surface area contributed by atoms with E-state index in [1.165, 1.54) is 10.9 Å². The molecule has 1 aliphatic carbocycles. The van der Waals surface area contributed by atoms with Gasteiger partial charge in [-0.15, -0.1) is 0 Å². The molecule has 1 saturated carbocycles. The van der Waals surface area contributed by atoms with Crippen molar-refractivity contribution in [1.82, 2.24) is 19.5 Å². The van der Waals surface area contributed by atoms with Crippen molar-refractivity contribution in [3.8, 4) is 0 Å². The van der Waals surface area contributed by atoms with E-state index in [-0.39, 0.29) is 23.7 Å². The molecule has 1 aliphatic rings. The Kier molecular flexibility index (Phi) is 2.96. The van der Waals surface area contributed by atoms with Gasteiger partial charge in [0.05, 0.1) is 18.5 Å². The number of hydrogen-bond acceptors (Lipinski definition) is 7. The molecule has 0 aliphatic heterocycles. The zero-order valence-corrected chi connectivity index (χ0v) is 10.5. The summed E-state index contributed by atoms with van der Waals surface area (Å²) in [5.41, 5.74) is 5.42. The van der Waals surface area contributed by atoms with Crippen molar-refractivity contribution in [2.24, 2.45) is 5.92 Å². The van der Waals surface area contributed by atoms with E-state index < -0.39 is 29.7 Å². The summed E-state index contributed by atoms with van der Waals surface area (Å²) in [4.78, 5) is 22.0. The molecule has 9 heteroatoms. The van der Waals surface area contributed by atoms with E-state index in [1.54, 1.807) is 0 Å². The van der Waals surface area contributed by atoms with Crippen molar-refractivity contribution in [2.45, 2.75) is 24.7 Å². The van der Waals surface area contributed by atoms with Gasteiger partial charge in [0, 0.05) is 12.5 Å². The molecule has 0 radical (unpaired) electrons. The number of fused-ring (bicyclic) bond motifs is 1.